The van der Waals surface area contributed by atoms with Gasteiger partial charge in [-0.05, 0) is 25.1 Å². The summed E-state index contributed by atoms with van der Waals surface area (Å²) in [5, 5.41) is 13.2. The average molecular weight is 348 g/mol. The van der Waals surface area contributed by atoms with Crippen molar-refractivity contribution >= 4 is 40.4 Å². The van der Waals surface area contributed by atoms with E-state index in [4.69, 9.17) is 4.74 Å². The van der Waals surface area contributed by atoms with Crippen LogP contribution in [0.15, 0.2) is 36.4 Å². The largest absolute Gasteiger partial charge is 0.451 e. The van der Waals surface area contributed by atoms with E-state index in [-0.39, 0.29) is 22.0 Å². The van der Waals surface area contributed by atoms with Crippen LogP contribution in [0.4, 0.5) is 11.4 Å². The third-order valence-electron chi connectivity index (χ3n) is 2.86. The minimum Gasteiger partial charge on any atom is -0.451 e. The Labute approximate surface area is 140 Å². The van der Waals surface area contributed by atoms with Gasteiger partial charge < -0.3 is 10.1 Å². The van der Waals surface area contributed by atoms with Crippen molar-refractivity contribution in [3.63, 3.8) is 0 Å². The van der Waals surface area contributed by atoms with E-state index >= 15 is 0 Å². The van der Waals surface area contributed by atoms with E-state index < -0.39 is 23.4 Å². The molecule has 2 aromatic rings. The normalized spacial score (nSPS) is 10.0. The highest BCUT2D eigenvalue weighted by molar-refractivity contribution is 7.15. The molecule has 0 atom stereocenters. The van der Waals surface area contributed by atoms with Gasteiger partial charge in [-0.3, -0.25) is 19.7 Å². The zero-order valence-corrected chi connectivity index (χ0v) is 13.3. The van der Waals surface area contributed by atoms with Crippen molar-refractivity contribution in [1.82, 2.24) is 0 Å². The molecule has 24 heavy (non-hydrogen) atoms. The molecule has 9 heteroatoms. The maximum absolute atomic E-state index is 11.8. The number of hydrogen-bond acceptors (Lipinski definition) is 7. The van der Waals surface area contributed by atoms with Gasteiger partial charge in [0.1, 0.15) is 10.6 Å². The molecule has 0 fully saturated rings. The van der Waals surface area contributed by atoms with Gasteiger partial charge >= 0.3 is 5.97 Å². The van der Waals surface area contributed by atoms with E-state index in [2.05, 4.69) is 5.32 Å². The first-order valence-electron chi connectivity index (χ1n) is 6.69. The maximum Gasteiger partial charge on any atom is 0.348 e. The van der Waals surface area contributed by atoms with Crippen LogP contribution in [0, 0.1) is 10.1 Å². The van der Waals surface area contributed by atoms with Crippen LogP contribution in [0.3, 0.4) is 0 Å². The number of benzene rings is 1. The van der Waals surface area contributed by atoms with E-state index in [0.29, 0.717) is 4.88 Å². The summed E-state index contributed by atoms with van der Waals surface area (Å²) in [4.78, 5) is 45.6. The molecule has 1 N–H and O–H groups in total. The molecular formula is C15H12N2O6S. The first-order valence-corrected chi connectivity index (χ1v) is 7.51. The van der Waals surface area contributed by atoms with Crippen molar-refractivity contribution in [2.75, 3.05) is 11.9 Å². The molecule has 2 rings (SSSR count). The molecule has 1 aromatic heterocycles. The van der Waals surface area contributed by atoms with E-state index in [0.717, 1.165) is 11.3 Å². The van der Waals surface area contributed by atoms with Gasteiger partial charge in [0.2, 0.25) is 0 Å². The third-order valence-corrected chi connectivity index (χ3v) is 4.03. The number of carbonyl (C=O) groups excluding carboxylic acids is 3. The Morgan fingerprint density at radius 2 is 1.83 bits per heavy atom. The smallest absolute Gasteiger partial charge is 0.348 e. The summed E-state index contributed by atoms with van der Waals surface area (Å²) in [5.74, 6) is -1.63. The number of hydrogen-bond donors (Lipinski definition) is 1. The van der Waals surface area contributed by atoms with Crippen molar-refractivity contribution in [2.45, 2.75) is 6.92 Å². The van der Waals surface area contributed by atoms with Crippen LogP contribution in [0.5, 0.6) is 0 Å². The Morgan fingerprint density at radius 3 is 2.46 bits per heavy atom. The van der Waals surface area contributed by atoms with Crippen LogP contribution in [-0.2, 0) is 9.53 Å². The molecule has 8 nitrogen and oxygen atoms in total. The van der Waals surface area contributed by atoms with Gasteiger partial charge in [0, 0.05) is 6.07 Å². The molecule has 0 aliphatic rings. The van der Waals surface area contributed by atoms with Gasteiger partial charge in [-0.15, -0.1) is 11.3 Å². The number of ketones is 1. The molecule has 124 valence electrons. The van der Waals surface area contributed by atoms with Gasteiger partial charge in [0.25, 0.3) is 11.6 Å². The van der Waals surface area contributed by atoms with Gasteiger partial charge in [0.15, 0.2) is 12.4 Å². The molecule has 1 aromatic carbocycles. The molecule has 0 saturated carbocycles. The first-order chi connectivity index (χ1) is 11.4. The predicted molar refractivity (Wildman–Crippen MR) is 86.3 cm³/mol. The molecular weight excluding hydrogens is 336 g/mol. The Kier molecular flexibility index (Phi) is 5.38. The highest BCUT2D eigenvalue weighted by atomic mass is 32.1. The average Bonchev–Trinajstić information content (AvgIpc) is 3.03. The van der Waals surface area contributed by atoms with Crippen molar-refractivity contribution in [1.29, 1.82) is 0 Å². The number of amides is 1. The lowest BCUT2D eigenvalue weighted by Crippen LogP contribution is -2.21. The fourth-order valence-corrected chi connectivity index (χ4v) is 2.56. The van der Waals surface area contributed by atoms with Crippen LogP contribution >= 0.6 is 11.3 Å². The molecule has 0 radical (unpaired) electrons. The first kappa shape index (κ1) is 17.3. The lowest BCUT2D eigenvalue weighted by Gasteiger charge is -2.06. The van der Waals surface area contributed by atoms with E-state index in [1.54, 1.807) is 0 Å². The fourth-order valence-electron chi connectivity index (χ4n) is 1.76. The van der Waals surface area contributed by atoms with E-state index in [1.165, 1.54) is 43.3 Å². The number of Topliss-reactive ketones (excluding diaryl/α,β-unsaturated/α-hetero) is 1. The number of para-hydroxylation sites is 2. The minimum atomic E-state index is -0.745. The van der Waals surface area contributed by atoms with Gasteiger partial charge in [-0.25, -0.2) is 4.79 Å². The predicted octanol–water partition coefficient (Wildman–Crippen LogP) is 2.65. The summed E-state index contributed by atoms with van der Waals surface area (Å²) in [7, 11) is 0. The molecule has 0 bridgehead atoms. The fraction of sp³-hybridized carbons (Fsp3) is 0.133. The van der Waals surface area contributed by atoms with Gasteiger partial charge in [0.05, 0.1) is 9.80 Å². The maximum atomic E-state index is 11.8. The number of thiophene rings is 1. The molecule has 0 spiro atoms. The van der Waals surface area contributed by atoms with Crippen molar-refractivity contribution < 1.29 is 24.0 Å². The zero-order valence-electron chi connectivity index (χ0n) is 12.5. The Balaban J connectivity index is 1.94. The number of rotatable bonds is 6. The van der Waals surface area contributed by atoms with Crippen molar-refractivity contribution in [3.8, 4) is 0 Å². The number of esters is 1. The molecule has 0 saturated heterocycles. The summed E-state index contributed by atoms with van der Waals surface area (Å²) >= 11 is 0.966. The molecule has 1 heterocycles. The van der Waals surface area contributed by atoms with Crippen molar-refractivity contribution in [3.05, 3.63) is 56.3 Å². The summed E-state index contributed by atoms with van der Waals surface area (Å²) in [6, 6.07) is 8.55. The lowest BCUT2D eigenvalue weighted by molar-refractivity contribution is -0.383. The highest BCUT2D eigenvalue weighted by Gasteiger charge is 2.17. The third kappa shape index (κ3) is 4.23. The molecule has 0 unspecified atom stereocenters. The summed E-state index contributed by atoms with van der Waals surface area (Å²) in [5.41, 5.74) is -0.250. The lowest BCUT2D eigenvalue weighted by atomic mass is 10.2. The van der Waals surface area contributed by atoms with Crippen LogP contribution < -0.4 is 5.32 Å². The summed E-state index contributed by atoms with van der Waals surface area (Å²) < 4.78 is 4.83. The highest BCUT2D eigenvalue weighted by Crippen LogP contribution is 2.23. The number of nitro groups is 1. The molecule has 0 aliphatic heterocycles. The second-order valence-electron chi connectivity index (χ2n) is 4.62. The van der Waals surface area contributed by atoms with E-state index in [1.807, 2.05) is 0 Å². The number of anilines is 1. The van der Waals surface area contributed by atoms with E-state index in [9.17, 15) is 24.5 Å². The second kappa shape index (κ2) is 7.47. The Hall–Kier alpha value is -3.07. The topological polar surface area (TPSA) is 116 Å². The van der Waals surface area contributed by atoms with Crippen LogP contribution in [0.25, 0.3) is 0 Å². The molecule has 1 amide bonds. The summed E-state index contributed by atoms with van der Waals surface area (Å²) in [6.45, 7) is 0.777. The second-order valence-corrected chi connectivity index (χ2v) is 5.70. The number of ether oxygens (including phenoxy) is 1. The van der Waals surface area contributed by atoms with Crippen LogP contribution in [0.1, 0.15) is 26.3 Å². The van der Waals surface area contributed by atoms with Crippen LogP contribution in [-0.4, -0.2) is 29.2 Å². The minimum absolute atomic E-state index is 0.0125. The molecule has 0 aliphatic carbocycles. The standard InChI is InChI=1S/C15H12N2O6S/c1-9(18)12-6-7-13(24-12)15(20)23-8-14(19)16-10-4-2-3-5-11(10)17(21)22/h2-7H,8H2,1H3,(H,16,19). The number of nitrogens with zero attached hydrogens (tertiary/aromatic N) is 1. The Morgan fingerprint density at radius 1 is 1.17 bits per heavy atom. The Bertz CT molecular complexity index is 814. The van der Waals surface area contributed by atoms with Crippen molar-refractivity contribution in [2.24, 2.45) is 0 Å². The quantitative estimate of drug-likeness (QED) is 0.371. The number of nitrogens with one attached hydrogen (secondary N) is 1. The van der Waals surface area contributed by atoms with Gasteiger partial charge in [-0.2, -0.15) is 0 Å². The summed E-state index contributed by atoms with van der Waals surface area (Å²) in [6.07, 6.45) is 0. The zero-order chi connectivity index (χ0) is 17.7. The number of nitro benzene ring substituents is 1. The number of carbonyl (C=O) groups is 3. The SMILES string of the molecule is CC(=O)c1ccc(C(=O)OCC(=O)Nc2ccccc2[N+](=O)[O-])s1. The van der Waals surface area contributed by atoms with Crippen LogP contribution in [0.2, 0.25) is 0 Å². The monoisotopic (exact) mass is 348 g/mol. The van der Waals surface area contributed by atoms with Gasteiger partial charge in [-0.1, -0.05) is 12.1 Å².